The number of anilines is 1. The average Bonchev–Trinajstić information content (AvgIpc) is 3.23. The van der Waals surface area contributed by atoms with Crippen molar-refractivity contribution in [3.05, 3.63) is 28.0 Å². The molecule has 0 saturated carbocycles. The first kappa shape index (κ1) is 16.0. The zero-order valence-corrected chi connectivity index (χ0v) is 16.0. The van der Waals surface area contributed by atoms with Crippen molar-refractivity contribution in [1.29, 1.82) is 0 Å². The molecule has 0 bridgehead atoms. The van der Waals surface area contributed by atoms with Crippen molar-refractivity contribution in [2.24, 2.45) is 0 Å². The van der Waals surface area contributed by atoms with Crippen LogP contribution in [0.5, 0.6) is 0 Å². The van der Waals surface area contributed by atoms with Crippen molar-refractivity contribution >= 4 is 38.7 Å². The van der Waals surface area contributed by atoms with Crippen molar-refractivity contribution in [1.82, 2.24) is 14.9 Å². The zero-order valence-electron chi connectivity index (χ0n) is 14.4. The number of fused-ring (bicyclic) bond motifs is 1. The van der Waals surface area contributed by atoms with Crippen molar-refractivity contribution in [3.63, 3.8) is 0 Å². The van der Waals surface area contributed by atoms with Crippen LogP contribution in [0.2, 0.25) is 0 Å². The molecule has 1 aliphatic heterocycles. The predicted molar refractivity (Wildman–Crippen MR) is 105 cm³/mol. The van der Waals surface area contributed by atoms with E-state index in [1.807, 2.05) is 0 Å². The highest BCUT2D eigenvalue weighted by Crippen LogP contribution is 2.37. The molecule has 1 saturated heterocycles. The van der Waals surface area contributed by atoms with Gasteiger partial charge in [-0.3, -0.25) is 0 Å². The summed E-state index contributed by atoms with van der Waals surface area (Å²) in [6.07, 6.45) is 0. The minimum atomic E-state index is 0.867. The Hall–Kier alpha value is -1.50. The monoisotopic (exact) mass is 358 g/mol. The molecule has 0 radical (unpaired) electrons. The molecular formula is C18H22N4S2. The first-order valence-electron chi connectivity index (χ1n) is 8.46. The van der Waals surface area contributed by atoms with E-state index in [0.29, 0.717) is 0 Å². The average molecular weight is 359 g/mol. The fraction of sp³-hybridized carbons (Fsp3) is 0.444. The molecule has 126 valence electrons. The smallest absolute Gasteiger partial charge is 0.173 e. The summed E-state index contributed by atoms with van der Waals surface area (Å²) in [6, 6.07) is 4.18. The number of aryl methyl sites for hydroxylation is 2. The van der Waals surface area contributed by atoms with E-state index in [1.165, 1.54) is 15.8 Å². The molecule has 4 nitrogen and oxygen atoms in total. The fourth-order valence-corrected chi connectivity index (χ4v) is 4.93. The van der Waals surface area contributed by atoms with Crippen LogP contribution >= 0.6 is 22.7 Å². The highest BCUT2D eigenvalue weighted by Gasteiger charge is 2.23. The maximum absolute atomic E-state index is 5.01. The molecule has 3 aromatic rings. The Labute approximate surface area is 150 Å². The first-order valence-corrected chi connectivity index (χ1v) is 10.2. The van der Waals surface area contributed by atoms with E-state index in [-0.39, 0.29) is 0 Å². The summed E-state index contributed by atoms with van der Waals surface area (Å²) in [5.74, 6) is 1.99. The van der Waals surface area contributed by atoms with Crippen LogP contribution in [-0.2, 0) is 0 Å². The van der Waals surface area contributed by atoms with Gasteiger partial charge < -0.3 is 9.80 Å². The summed E-state index contributed by atoms with van der Waals surface area (Å²) in [5.41, 5.74) is 1.33. The molecule has 0 N–H and O–H groups in total. The van der Waals surface area contributed by atoms with Crippen LogP contribution in [0.4, 0.5) is 5.82 Å². The van der Waals surface area contributed by atoms with Crippen molar-refractivity contribution in [2.75, 3.05) is 37.6 Å². The highest BCUT2D eigenvalue weighted by molar-refractivity contribution is 7.19. The number of rotatable bonds is 3. The van der Waals surface area contributed by atoms with Gasteiger partial charge in [-0.15, -0.1) is 22.7 Å². The van der Waals surface area contributed by atoms with Gasteiger partial charge in [0.1, 0.15) is 10.6 Å². The lowest BCUT2D eigenvalue weighted by molar-refractivity contribution is 0.271. The number of piperazine rings is 1. The second-order valence-electron chi connectivity index (χ2n) is 6.23. The third kappa shape index (κ3) is 2.72. The molecule has 0 unspecified atom stereocenters. The van der Waals surface area contributed by atoms with Crippen molar-refractivity contribution in [3.8, 4) is 10.7 Å². The van der Waals surface area contributed by atoms with Crippen LogP contribution in [0.3, 0.4) is 0 Å². The van der Waals surface area contributed by atoms with E-state index >= 15 is 0 Å². The molecule has 0 atom stereocenters. The Morgan fingerprint density at radius 2 is 1.92 bits per heavy atom. The summed E-state index contributed by atoms with van der Waals surface area (Å²) in [7, 11) is 0. The maximum atomic E-state index is 5.01. The second kappa shape index (κ2) is 6.43. The van der Waals surface area contributed by atoms with E-state index < -0.39 is 0 Å². The lowest BCUT2D eigenvalue weighted by Gasteiger charge is -2.35. The SMILES string of the molecule is CCN1CCN(c2nc(-c3cccs3)nc3sc(C)c(C)c23)CC1. The van der Waals surface area contributed by atoms with Crippen LogP contribution in [0.25, 0.3) is 20.9 Å². The predicted octanol–water partition coefficient (Wildman–Crippen LogP) is 4.18. The Kier molecular flexibility index (Phi) is 4.28. The summed E-state index contributed by atoms with van der Waals surface area (Å²) in [5, 5.41) is 3.34. The third-order valence-electron chi connectivity index (χ3n) is 4.87. The van der Waals surface area contributed by atoms with Gasteiger partial charge in [-0.1, -0.05) is 13.0 Å². The first-order chi connectivity index (χ1) is 11.7. The summed E-state index contributed by atoms with van der Waals surface area (Å²) in [6.45, 7) is 12.1. The molecule has 0 aromatic carbocycles. The normalized spacial score (nSPS) is 16.2. The summed E-state index contributed by atoms with van der Waals surface area (Å²) < 4.78 is 0. The number of hydrogen-bond acceptors (Lipinski definition) is 6. The van der Waals surface area contributed by atoms with Gasteiger partial charge in [-0.05, 0) is 37.4 Å². The fourth-order valence-electron chi connectivity index (χ4n) is 3.25. The molecule has 3 aromatic heterocycles. The molecule has 0 spiro atoms. The molecule has 0 aliphatic carbocycles. The Morgan fingerprint density at radius 1 is 1.12 bits per heavy atom. The van der Waals surface area contributed by atoms with Gasteiger partial charge in [-0.25, -0.2) is 9.97 Å². The van der Waals surface area contributed by atoms with Crippen LogP contribution < -0.4 is 4.90 Å². The van der Waals surface area contributed by atoms with Gasteiger partial charge in [0.05, 0.1) is 10.3 Å². The molecule has 6 heteroatoms. The summed E-state index contributed by atoms with van der Waals surface area (Å²) >= 11 is 3.50. The van der Waals surface area contributed by atoms with E-state index in [4.69, 9.17) is 9.97 Å². The van der Waals surface area contributed by atoms with Gasteiger partial charge >= 0.3 is 0 Å². The minimum absolute atomic E-state index is 0.867. The Morgan fingerprint density at radius 3 is 2.58 bits per heavy atom. The van der Waals surface area contributed by atoms with E-state index in [2.05, 4.69) is 48.1 Å². The van der Waals surface area contributed by atoms with Gasteiger partial charge in [0.15, 0.2) is 5.82 Å². The van der Waals surface area contributed by atoms with Gasteiger partial charge in [0, 0.05) is 31.1 Å². The van der Waals surface area contributed by atoms with E-state index in [0.717, 1.165) is 54.1 Å². The Bertz CT molecular complexity index is 846. The molecular weight excluding hydrogens is 336 g/mol. The number of hydrogen-bond donors (Lipinski definition) is 0. The second-order valence-corrected chi connectivity index (χ2v) is 8.38. The van der Waals surface area contributed by atoms with Crippen molar-refractivity contribution in [2.45, 2.75) is 20.8 Å². The highest BCUT2D eigenvalue weighted by atomic mass is 32.1. The molecule has 1 aliphatic rings. The van der Waals surface area contributed by atoms with E-state index in [1.54, 1.807) is 22.7 Å². The summed E-state index contributed by atoms with van der Waals surface area (Å²) in [4.78, 5) is 18.4. The lowest BCUT2D eigenvalue weighted by Crippen LogP contribution is -2.46. The van der Waals surface area contributed by atoms with Crippen LogP contribution in [0, 0.1) is 13.8 Å². The molecule has 1 fully saturated rings. The Balaban J connectivity index is 1.83. The number of thiophene rings is 2. The maximum Gasteiger partial charge on any atom is 0.173 e. The van der Waals surface area contributed by atoms with Gasteiger partial charge in [0.25, 0.3) is 0 Å². The largest absolute Gasteiger partial charge is 0.353 e. The molecule has 0 amide bonds. The number of nitrogens with zero attached hydrogens (tertiary/aromatic N) is 4. The van der Waals surface area contributed by atoms with Crippen LogP contribution in [-0.4, -0.2) is 47.6 Å². The lowest BCUT2D eigenvalue weighted by atomic mass is 10.2. The third-order valence-corrected chi connectivity index (χ3v) is 6.84. The van der Waals surface area contributed by atoms with E-state index in [9.17, 15) is 0 Å². The topological polar surface area (TPSA) is 32.3 Å². The molecule has 24 heavy (non-hydrogen) atoms. The number of likely N-dealkylation sites (N-methyl/N-ethyl adjacent to an activating group) is 1. The number of aromatic nitrogens is 2. The van der Waals surface area contributed by atoms with Crippen molar-refractivity contribution < 1.29 is 0 Å². The van der Waals surface area contributed by atoms with Gasteiger partial charge in [0.2, 0.25) is 0 Å². The molecule has 4 heterocycles. The van der Waals surface area contributed by atoms with Crippen LogP contribution in [0.1, 0.15) is 17.4 Å². The van der Waals surface area contributed by atoms with Crippen LogP contribution in [0.15, 0.2) is 17.5 Å². The standard InChI is InChI=1S/C18H22N4S2/c1-4-21-7-9-22(10-8-21)17-15-12(2)13(3)24-18(15)20-16(19-17)14-6-5-11-23-14/h5-6,11H,4,7-10H2,1-3H3. The van der Waals surface area contributed by atoms with Gasteiger partial charge in [-0.2, -0.15) is 0 Å². The molecule has 4 rings (SSSR count). The zero-order chi connectivity index (χ0) is 16.7. The minimum Gasteiger partial charge on any atom is -0.353 e. The quantitative estimate of drug-likeness (QED) is 0.703.